The van der Waals surface area contributed by atoms with Crippen LogP contribution in [0.4, 0.5) is 5.82 Å². The quantitative estimate of drug-likeness (QED) is 0.340. The summed E-state index contributed by atoms with van der Waals surface area (Å²) in [5.74, 6) is 1.31. The Morgan fingerprint density at radius 2 is 1.74 bits per heavy atom. The molecule has 1 amide bonds. The molecule has 0 saturated carbocycles. The molecule has 0 fully saturated rings. The lowest BCUT2D eigenvalue weighted by Gasteiger charge is -2.10. The van der Waals surface area contributed by atoms with Crippen LogP contribution in [0.2, 0.25) is 0 Å². The molecular formula is C29H25N7O2. The first-order valence-corrected chi connectivity index (χ1v) is 12.2. The Kier molecular flexibility index (Phi) is 5.80. The number of anilines is 1. The first-order valence-electron chi connectivity index (χ1n) is 12.2. The molecule has 0 radical (unpaired) electrons. The third-order valence-corrected chi connectivity index (χ3v) is 6.47. The summed E-state index contributed by atoms with van der Waals surface area (Å²) in [4.78, 5) is 21.8. The molecule has 1 N–H and O–H groups in total. The largest absolute Gasteiger partial charge is 0.484 e. The maximum Gasteiger partial charge on any atom is 0.263 e. The van der Waals surface area contributed by atoms with E-state index < -0.39 is 0 Å². The van der Waals surface area contributed by atoms with Crippen molar-refractivity contribution in [2.45, 2.75) is 20.8 Å². The third kappa shape index (κ3) is 4.34. The van der Waals surface area contributed by atoms with Crippen LogP contribution in [0, 0.1) is 20.8 Å². The van der Waals surface area contributed by atoms with Gasteiger partial charge in [0.2, 0.25) is 0 Å². The fourth-order valence-corrected chi connectivity index (χ4v) is 4.38. The number of fused-ring (bicyclic) bond motifs is 2. The average molecular weight is 504 g/mol. The van der Waals surface area contributed by atoms with E-state index >= 15 is 0 Å². The van der Waals surface area contributed by atoms with Gasteiger partial charge in [0.15, 0.2) is 18.1 Å². The molecule has 0 spiro atoms. The molecule has 188 valence electrons. The van der Waals surface area contributed by atoms with Gasteiger partial charge in [0.1, 0.15) is 17.9 Å². The lowest BCUT2D eigenvalue weighted by Crippen LogP contribution is -2.22. The van der Waals surface area contributed by atoms with Crippen molar-refractivity contribution in [1.82, 2.24) is 29.5 Å². The Bertz CT molecular complexity index is 1820. The van der Waals surface area contributed by atoms with Gasteiger partial charge < -0.3 is 10.1 Å². The molecule has 3 aromatic heterocycles. The summed E-state index contributed by atoms with van der Waals surface area (Å²) in [7, 11) is 0. The van der Waals surface area contributed by atoms with E-state index in [-0.39, 0.29) is 12.5 Å². The Balaban J connectivity index is 1.26. The number of nitrogens with one attached hydrogen (secondary N) is 1. The van der Waals surface area contributed by atoms with Crippen molar-refractivity contribution in [2.75, 3.05) is 11.9 Å². The molecule has 0 aliphatic heterocycles. The number of hydrogen-bond donors (Lipinski definition) is 1. The second-order valence-corrected chi connectivity index (χ2v) is 9.19. The summed E-state index contributed by atoms with van der Waals surface area (Å²) in [6, 6.07) is 21.7. The zero-order chi connectivity index (χ0) is 26.2. The van der Waals surface area contributed by atoms with Crippen molar-refractivity contribution in [3.05, 3.63) is 96.1 Å². The number of aromatic nitrogens is 6. The molecular weight excluding hydrogens is 478 g/mol. The van der Waals surface area contributed by atoms with Crippen LogP contribution in [-0.2, 0) is 4.79 Å². The highest BCUT2D eigenvalue weighted by Gasteiger charge is 2.18. The Labute approximate surface area is 218 Å². The number of hydrogen-bond acceptors (Lipinski definition) is 6. The predicted octanol–water partition coefficient (Wildman–Crippen LogP) is 5.10. The number of amides is 1. The van der Waals surface area contributed by atoms with Gasteiger partial charge in [0.05, 0.1) is 23.0 Å². The van der Waals surface area contributed by atoms with Crippen molar-refractivity contribution in [3.63, 3.8) is 0 Å². The van der Waals surface area contributed by atoms with Crippen LogP contribution in [0.5, 0.6) is 5.75 Å². The Morgan fingerprint density at radius 3 is 2.58 bits per heavy atom. The van der Waals surface area contributed by atoms with E-state index in [1.807, 2.05) is 55.5 Å². The topological polar surface area (TPSA) is 99.7 Å². The van der Waals surface area contributed by atoms with Gasteiger partial charge in [-0.2, -0.15) is 14.9 Å². The van der Waals surface area contributed by atoms with Crippen molar-refractivity contribution in [2.24, 2.45) is 0 Å². The van der Waals surface area contributed by atoms with E-state index in [1.54, 1.807) is 21.6 Å². The van der Waals surface area contributed by atoms with E-state index in [1.165, 1.54) is 17.5 Å². The molecule has 0 bridgehead atoms. The lowest BCUT2D eigenvalue weighted by molar-refractivity contribution is -0.118. The monoisotopic (exact) mass is 503 g/mol. The number of carbonyl (C=O) groups excluding carboxylic acids is 1. The van der Waals surface area contributed by atoms with E-state index in [4.69, 9.17) is 4.74 Å². The smallest absolute Gasteiger partial charge is 0.263 e. The zero-order valence-electron chi connectivity index (χ0n) is 21.2. The van der Waals surface area contributed by atoms with Gasteiger partial charge in [0, 0.05) is 6.07 Å². The van der Waals surface area contributed by atoms with Crippen LogP contribution in [-0.4, -0.2) is 42.0 Å². The molecule has 0 aliphatic carbocycles. The minimum Gasteiger partial charge on any atom is -0.484 e. The average Bonchev–Trinajstić information content (AvgIpc) is 3.52. The van der Waals surface area contributed by atoms with Gasteiger partial charge >= 0.3 is 0 Å². The standard InChI is InChI=1S/C29H25N7O2/c1-18-8-10-23(12-19(18)2)35-28-25(15-32-35)29(31-17-30-28)36-26(13-20(3)34-36)33-27(37)16-38-24-11-9-21-6-4-5-7-22(21)14-24/h4-15,17H,16H2,1-3H3,(H,33,37). The molecule has 9 heteroatoms. The molecule has 0 unspecified atom stereocenters. The molecule has 3 aromatic carbocycles. The van der Waals surface area contributed by atoms with Crippen LogP contribution in [0.15, 0.2) is 79.3 Å². The minimum atomic E-state index is -0.310. The van der Waals surface area contributed by atoms with Crippen LogP contribution < -0.4 is 10.1 Å². The Morgan fingerprint density at radius 1 is 0.895 bits per heavy atom. The van der Waals surface area contributed by atoms with Crippen LogP contribution in [0.1, 0.15) is 16.8 Å². The van der Waals surface area contributed by atoms with Crippen molar-refractivity contribution in [3.8, 4) is 17.3 Å². The summed E-state index contributed by atoms with van der Waals surface area (Å²) in [5, 5.41) is 14.9. The van der Waals surface area contributed by atoms with E-state index in [0.717, 1.165) is 22.2 Å². The number of rotatable bonds is 6. The van der Waals surface area contributed by atoms with E-state index in [2.05, 4.69) is 51.5 Å². The Hall–Kier alpha value is -5.05. The normalized spacial score (nSPS) is 11.2. The lowest BCUT2D eigenvalue weighted by atomic mass is 10.1. The second-order valence-electron chi connectivity index (χ2n) is 9.19. The third-order valence-electron chi connectivity index (χ3n) is 6.47. The molecule has 9 nitrogen and oxygen atoms in total. The van der Waals surface area contributed by atoms with Gasteiger partial charge in [-0.3, -0.25) is 4.79 Å². The number of ether oxygens (including phenoxy) is 1. The molecule has 0 saturated heterocycles. The van der Waals surface area contributed by atoms with Crippen molar-refractivity contribution >= 4 is 33.5 Å². The molecule has 0 aliphatic rings. The van der Waals surface area contributed by atoms with Crippen LogP contribution >= 0.6 is 0 Å². The molecule has 3 heterocycles. The fourth-order valence-electron chi connectivity index (χ4n) is 4.38. The van der Waals surface area contributed by atoms with E-state index in [0.29, 0.717) is 28.4 Å². The molecule has 38 heavy (non-hydrogen) atoms. The van der Waals surface area contributed by atoms with Crippen LogP contribution in [0.3, 0.4) is 0 Å². The van der Waals surface area contributed by atoms with Crippen molar-refractivity contribution < 1.29 is 9.53 Å². The summed E-state index contributed by atoms with van der Waals surface area (Å²) >= 11 is 0. The highest BCUT2D eigenvalue weighted by molar-refractivity contribution is 5.92. The maximum atomic E-state index is 12.8. The SMILES string of the molecule is Cc1cc(NC(=O)COc2ccc3ccccc3c2)n(-c2ncnc3c2cnn3-c2ccc(C)c(C)c2)n1. The second kappa shape index (κ2) is 9.44. The highest BCUT2D eigenvalue weighted by Crippen LogP contribution is 2.25. The number of nitrogens with zero attached hydrogens (tertiary/aromatic N) is 6. The van der Waals surface area contributed by atoms with Gasteiger partial charge in [-0.05, 0) is 66.9 Å². The predicted molar refractivity (Wildman–Crippen MR) is 146 cm³/mol. The molecule has 6 rings (SSSR count). The number of carbonyl (C=O) groups is 1. The fraction of sp³-hybridized carbons (Fsp3) is 0.138. The van der Waals surface area contributed by atoms with Gasteiger partial charge in [-0.25, -0.2) is 14.6 Å². The summed E-state index contributed by atoms with van der Waals surface area (Å²) in [5.41, 5.74) is 4.65. The van der Waals surface area contributed by atoms with Gasteiger partial charge in [0.25, 0.3) is 5.91 Å². The summed E-state index contributed by atoms with van der Waals surface area (Å²) in [6.45, 7) is 5.85. The zero-order valence-corrected chi connectivity index (χ0v) is 21.2. The van der Waals surface area contributed by atoms with E-state index in [9.17, 15) is 4.79 Å². The first-order chi connectivity index (χ1) is 18.5. The van der Waals surface area contributed by atoms with Gasteiger partial charge in [-0.15, -0.1) is 0 Å². The van der Waals surface area contributed by atoms with Crippen LogP contribution in [0.25, 0.3) is 33.3 Å². The number of aryl methyl sites for hydroxylation is 3. The highest BCUT2D eigenvalue weighted by atomic mass is 16.5. The minimum absolute atomic E-state index is 0.146. The molecule has 6 aromatic rings. The number of benzene rings is 3. The summed E-state index contributed by atoms with van der Waals surface area (Å²) < 4.78 is 9.13. The molecule has 0 atom stereocenters. The maximum absolute atomic E-state index is 12.8. The first kappa shape index (κ1) is 23.4. The van der Waals surface area contributed by atoms with Gasteiger partial charge in [-0.1, -0.05) is 36.4 Å². The van der Waals surface area contributed by atoms with Crippen molar-refractivity contribution in [1.29, 1.82) is 0 Å². The summed E-state index contributed by atoms with van der Waals surface area (Å²) in [6.07, 6.45) is 3.19.